The Morgan fingerprint density at radius 3 is 2.73 bits per heavy atom. The predicted octanol–water partition coefficient (Wildman–Crippen LogP) is 2.51. The molecule has 0 radical (unpaired) electrons. The fourth-order valence-electron chi connectivity index (χ4n) is 4.46. The van der Waals surface area contributed by atoms with Crippen LogP contribution in [0.4, 0.5) is 5.69 Å². The van der Waals surface area contributed by atoms with Gasteiger partial charge in [-0.1, -0.05) is 6.42 Å². The van der Waals surface area contributed by atoms with Crippen LogP contribution in [0.1, 0.15) is 32.1 Å². The fourth-order valence-corrected chi connectivity index (χ4v) is 4.46. The van der Waals surface area contributed by atoms with Crippen LogP contribution >= 0.6 is 0 Å². The Morgan fingerprint density at radius 2 is 1.97 bits per heavy atom. The molecule has 1 spiro atoms. The molecule has 4 N–H and O–H groups in total. The summed E-state index contributed by atoms with van der Waals surface area (Å²) < 4.78 is 7.58. The number of hydrogen-bond acceptors (Lipinski definition) is 8. The van der Waals surface area contributed by atoms with Gasteiger partial charge in [-0.05, 0) is 49.9 Å². The SMILES string of the molecule is COc1ccc(-c2cn3cccnc3n2)cc1N1C(N)=NC(N)=NC12CCCCC2. The molecule has 30 heavy (non-hydrogen) atoms. The number of aliphatic imine (C=N–C) groups is 2. The third kappa shape index (κ3) is 2.94. The van der Waals surface area contributed by atoms with E-state index >= 15 is 0 Å². The molecule has 3 aromatic rings. The first-order chi connectivity index (χ1) is 14.6. The number of aromatic nitrogens is 3. The minimum absolute atomic E-state index is 0.229. The van der Waals surface area contributed by atoms with Crippen LogP contribution in [0.5, 0.6) is 5.75 Å². The van der Waals surface area contributed by atoms with Crippen molar-refractivity contribution in [3.05, 3.63) is 42.9 Å². The minimum atomic E-state index is -0.541. The second kappa shape index (κ2) is 7.01. The van der Waals surface area contributed by atoms with E-state index in [-0.39, 0.29) is 5.96 Å². The summed E-state index contributed by atoms with van der Waals surface area (Å²) in [4.78, 5) is 20.0. The van der Waals surface area contributed by atoms with Crippen LogP contribution in [0, 0.1) is 0 Å². The largest absolute Gasteiger partial charge is 0.495 e. The number of ether oxygens (including phenoxy) is 1. The molecule has 5 rings (SSSR count). The van der Waals surface area contributed by atoms with Crippen molar-refractivity contribution >= 4 is 23.4 Å². The van der Waals surface area contributed by atoms with Crippen molar-refractivity contribution in [2.75, 3.05) is 12.0 Å². The van der Waals surface area contributed by atoms with E-state index < -0.39 is 5.66 Å². The number of nitrogens with zero attached hydrogens (tertiary/aromatic N) is 6. The first-order valence-corrected chi connectivity index (χ1v) is 10.1. The van der Waals surface area contributed by atoms with Crippen LogP contribution in [-0.2, 0) is 0 Å². The smallest absolute Gasteiger partial charge is 0.234 e. The lowest BCUT2D eigenvalue weighted by Crippen LogP contribution is -2.58. The first-order valence-electron chi connectivity index (χ1n) is 10.1. The molecule has 9 nitrogen and oxygen atoms in total. The molecule has 0 atom stereocenters. The molecule has 9 heteroatoms. The summed E-state index contributed by atoms with van der Waals surface area (Å²) in [6.07, 6.45) is 10.6. The maximum atomic E-state index is 6.41. The molecule has 0 bridgehead atoms. The first kappa shape index (κ1) is 18.4. The molecule has 1 aliphatic carbocycles. The molecule has 0 amide bonds. The summed E-state index contributed by atoms with van der Waals surface area (Å²) >= 11 is 0. The Hall–Kier alpha value is -3.62. The van der Waals surface area contributed by atoms with Gasteiger partial charge in [-0.2, -0.15) is 4.99 Å². The van der Waals surface area contributed by atoms with E-state index in [4.69, 9.17) is 21.2 Å². The van der Waals surface area contributed by atoms with Crippen LogP contribution < -0.4 is 21.1 Å². The number of methoxy groups -OCH3 is 1. The maximum Gasteiger partial charge on any atom is 0.234 e. The number of benzene rings is 1. The Labute approximate surface area is 174 Å². The Balaban J connectivity index is 1.65. The van der Waals surface area contributed by atoms with Crippen molar-refractivity contribution in [2.24, 2.45) is 21.5 Å². The summed E-state index contributed by atoms with van der Waals surface area (Å²) in [6.45, 7) is 0. The van der Waals surface area contributed by atoms with Crippen LogP contribution in [0.15, 0.2) is 52.8 Å². The van der Waals surface area contributed by atoms with Crippen molar-refractivity contribution in [2.45, 2.75) is 37.8 Å². The molecular weight excluding hydrogens is 380 g/mol. The maximum absolute atomic E-state index is 6.41. The average molecular weight is 404 g/mol. The lowest BCUT2D eigenvalue weighted by molar-refractivity contribution is 0.303. The van der Waals surface area contributed by atoms with Gasteiger partial charge in [0.25, 0.3) is 0 Å². The summed E-state index contributed by atoms with van der Waals surface area (Å²) in [5.74, 6) is 1.90. The zero-order valence-corrected chi connectivity index (χ0v) is 16.8. The molecule has 1 aromatic carbocycles. The highest BCUT2D eigenvalue weighted by molar-refractivity contribution is 6.06. The highest BCUT2D eigenvalue weighted by Gasteiger charge is 2.43. The van der Waals surface area contributed by atoms with Crippen LogP contribution in [0.2, 0.25) is 0 Å². The zero-order valence-electron chi connectivity index (χ0n) is 16.8. The summed E-state index contributed by atoms with van der Waals surface area (Å²) in [7, 11) is 1.65. The summed E-state index contributed by atoms with van der Waals surface area (Å²) in [5, 5.41) is 0. The molecule has 0 unspecified atom stereocenters. The summed E-state index contributed by atoms with van der Waals surface area (Å²) in [5.41, 5.74) is 14.4. The molecule has 1 fully saturated rings. The Morgan fingerprint density at radius 1 is 1.13 bits per heavy atom. The van der Waals surface area contributed by atoms with Gasteiger partial charge in [0.05, 0.1) is 18.5 Å². The van der Waals surface area contributed by atoms with E-state index in [0.717, 1.165) is 42.6 Å². The lowest BCUT2D eigenvalue weighted by Gasteiger charge is -2.46. The predicted molar refractivity (Wildman–Crippen MR) is 117 cm³/mol. The number of anilines is 1. The third-order valence-corrected chi connectivity index (χ3v) is 5.80. The van der Waals surface area contributed by atoms with Crippen molar-refractivity contribution in [3.63, 3.8) is 0 Å². The monoisotopic (exact) mass is 404 g/mol. The van der Waals surface area contributed by atoms with Gasteiger partial charge in [0.15, 0.2) is 0 Å². The van der Waals surface area contributed by atoms with Crippen molar-refractivity contribution in [3.8, 4) is 17.0 Å². The third-order valence-electron chi connectivity index (χ3n) is 5.80. The molecular formula is C21H24N8O. The van der Waals surface area contributed by atoms with Crippen LogP contribution in [0.25, 0.3) is 17.0 Å². The molecule has 2 aromatic heterocycles. The van der Waals surface area contributed by atoms with Gasteiger partial charge in [0, 0.05) is 24.2 Å². The highest BCUT2D eigenvalue weighted by atomic mass is 16.5. The molecule has 0 saturated heterocycles. The Kier molecular flexibility index (Phi) is 4.30. The number of fused-ring (bicyclic) bond motifs is 1. The summed E-state index contributed by atoms with van der Waals surface area (Å²) in [6, 6.07) is 7.80. The van der Waals surface area contributed by atoms with E-state index in [1.54, 1.807) is 13.3 Å². The van der Waals surface area contributed by atoms with Gasteiger partial charge in [0.1, 0.15) is 11.4 Å². The molecule has 2 aliphatic rings. The van der Waals surface area contributed by atoms with Crippen LogP contribution in [-0.4, -0.2) is 39.1 Å². The number of imidazole rings is 1. The van der Waals surface area contributed by atoms with E-state index in [2.05, 4.69) is 15.0 Å². The fraction of sp³-hybridized carbons (Fsp3) is 0.333. The van der Waals surface area contributed by atoms with Gasteiger partial charge >= 0.3 is 0 Å². The molecule has 1 aliphatic heterocycles. The van der Waals surface area contributed by atoms with Gasteiger partial charge in [-0.15, -0.1) is 0 Å². The van der Waals surface area contributed by atoms with Gasteiger partial charge < -0.3 is 16.2 Å². The van der Waals surface area contributed by atoms with E-state index in [0.29, 0.717) is 17.5 Å². The number of guanidine groups is 2. The molecule has 1 saturated carbocycles. The van der Waals surface area contributed by atoms with E-state index in [9.17, 15) is 0 Å². The number of nitrogens with two attached hydrogens (primary N) is 2. The standard InChI is InChI=1S/C21H24N8O/c1-30-17-7-6-14(15-13-28-11-5-10-24-20(28)25-15)12-16(17)29-19(23)26-18(22)27-21(29)8-3-2-4-9-21/h5-7,10-13H,2-4,8-9H2,1H3,(H4,22,23,26,27). The van der Waals surface area contributed by atoms with Gasteiger partial charge in [-0.3, -0.25) is 9.30 Å². The molecule has 154 valence electrons. The average Bonchev–Trinajstić information content (AvgIpc) is 3.18. The van der Waals surface area contributed by atoms with Gasteiger partial charge in [0.2, 0.25) is 17.7 Å². The second-order valence-electron chi connectivity index (χ2n) is 7.66. The van der Waals surface area contributed by atoms with Crippen molar-refractivity contribution in [1.29, 1.82) is 0 Å². The topological polar surface area (TPSA) is 119 Å². The normalized spacial score (nSPS) is 18.4. The number of hydrogen-bond donors (Lipinski definition) is 2. The van der Waals surface area contributed by atoms with Crippen molar-refractivity contribution < 1.29 is 4.74 Å². The van der Waals surface area contributed by atoms with E-state index in [1.165, 1.54) is 6.42 Å². The quantitative estimate of drug-likeness (QED) is 0.692. The molecule has 3 heterocycles. The second-order valence-corrected chi connectivity index (χ2v) is 7.66. The van der Waals surface area contributed by atoms with Gasteiger partial charge in [-0.25, -0.2) is 15.0 Å². The lowest BCUT2D eigenvalue weighted by atomic mass is 9.87. The zero-order chi connectivity index (χ0) is 20.7. The highest BCUT2D eigenvalue weighted by Crippen LogP contribution is 2.43. The van der Waals surface area contributed by atoms with Crippen molar-refractivity contribution in [1.82, 2.24) is 14.4 Å². The Bertz CT molecular complexity index is 1130. The van der Waals surface area contributed by atoms with E-state index in [1.807, 2.05) is 46.0 Å². The number of rotatable bonds is 3. The minimum Gasteiger partial charge on any atom is -0.495 e. The van der Waals surface area contributed by atoms with Crippen LogP contribution in [0.3, 0.4) is 0 Å².